The largest absolute Gasteiger partial charge is 0.337 e. The molecule has 1 fully saturated rings. The van der Waals surface area contributed by atoms with E-state index in [9.17, 15) is 9.59 Å². The lowest BCUT2D eigenvalue weighted by Crippen LogP contribution is -2.25. The van der Waals surface area contributed by atoms with Crippen LogP contribution < -0.4 is 10.9 Å². The summed E-state index contributed by atoms with van der Waals surface area (Å²) in [5.41, 5.74) is 2.89. The lowest BCUT2D eigenvalue weighted by atomic mass is 9.88. The van der Waals surface area contributed by atoms with Gasteiger partial charge < -0.3 is 9.88 Å². The molecule has 7 nitrogen and oxygen atoms in total. The van der Waals surface area contributed by atoms with E-state index in [0.29, 0.717) is 27.4 Å². The van der Waals surface area contributed by atoms with Crippen molar-refractivity contribution in [1.82, 2.24) is 14.2 Å². The molecule has 3 aromatic carbocycles. The number of nitrogens with zero attached hydrogens (tertiary/aromatic N) is 4. The van der Waals surface area contributed by atoms with E-state index in [0.717, 1.165) is 46.6 Å². The van der Waals surface area contributed by atoms with Crippen LogP contribution in [0.2, 0.25) is 5.02 Å². The quantitative estimate of drug-likeness (QED) is 0.203. The van der Waals surface area contributed by atoms with Crippen molar-refractivity contribution in [2.24, 2.45) is 5.10 Å². The summed E-state index contributed by atoms with van der Waals surface area (Å²) in [5.74, 6) is 0.734. The minimum atomic E-state index is -0.186. The second-order valence-corrected chi connectivity index (χ2v) is 11.5. The number of halogens is 2. The Hall–Kier alpha value is -3.75. The summed E-state index contributed by atoms with van der Waals surface area (Å²) < 4.78 is 4.19. The maximum Gasteiger partial charge on any atom is 0.282 e. The summed E-state index contributed by atoms with van der Waals surface area (Å²) in [6.45, 7) is 0.121. The van der Waals surface area contributed by atoms with E-state index in [4.69, 9.17) is 21.7 Å². The Bertz CT molecular complexity index is 1800. The molecule has 40 heavy (non-hydrogen) atoms. The van der Waals surface area contributed by atoms with Gasteiger partial charge in [-0.25, -0.2) is 4.98 Å². The molecule has 1 aliphatic rings. The topological polar surface area (TPSA) is 81.3 Å². The number of hydrogen-bond donors (Lipinski definition) is 1. The zero-order valence-electron chi connectivity index (χ0n) is 21.7. The number of fused-ring (bicyclic) bond motifs is 2. The minimum Gasteiger partial charge on any atom is -0.337 e. The summed E-state index contributed by atoms with van der Waals surface area (Å²) in [6, 6.07) is 20.4. The monoisotopic (exact) mass is 615 g/mol. The van der Waals surface area contributed by atoms with Crippen LogP contribution in [0, 0.1) is 0 Å². The van der Waals surface area contributed by atoms with Crippen molar-refractivity contribution >= 4 is 67.1 Å². The zero-order chi connectivity index (χ0) is 27.6. The number of nitrogens with one attached hydrogen (secondary N) is 1. The molecule has 0 unspecified atom stereocenters. The fraction of sp³-hybridized carbons (Fsp3) is 0.226. The van der Waals surface area contributed by atoms with Gasteiger partial charge in [0.15, 0.2) is 0 Å². The van der Waals surface area contributed by atoms with Crippen LogP contribution >= 0.6 is 27.5 Å². The first kappa shape index (κ1) is 26.5. The molecule has 202 valence electrons. The summed E-state index contributed by atoms with van der Waals surface area (Å²) >= 11 is 9.44. The summed E-state index contributed by atoms with van der Waals surface area (Å²) in [5, 5.41) is 9.71. The van der Waals surface area contributed by atoms with Crippen molar-refractivity contribution < 1.29 is 4.79 Å². The molecule has 5 aromatic rings. The summed E-state index contributed by atoms with van der Waals surface area (Å²) in [4.78, 5) is 31.5. The molecular weight excluding hydrogens is 590 g/mol. The smallest absolute Gasteiger partial charge is 0.282 e. The van der Waals surface area contributed by atoms with Crippen molar-refractivity contribution in [2.45, 2.75) is 44.6 Å². The highest BCUT2D eigenvalue weighted by Crippen LogP contribution is 2.32. The van der Waals surface area contributed by atoms with Crippen LogP contribution in [0.4, 0.5) is 5.69 Å². The molecule has 6 rings (SSSR count). The zero-order valence-corrected chi connectivity index (χ0v) is 24.0. The van der Waals surface area contributed by atoms with E-state index in [1.807, 2.05) is 47.2 Å². The number of rotatable bonds is 6. The molecule has 1 amide bonds. The number of hydrogen-bond acceptors (Lipinski definition) is 4. The molecule has 1 saturated carbocycles. The maximum absolute atomic E-state index is 13.7. The van der Waals surface area contributed by atoms with Gasteiger partial charge in [-0.05, 0) is 61.4 Å². The predicted molar refractivity (Wildman–Crippen MR) is 165 cm³/mol. The van der Waals surface area contributed by atoms with Gasteiger partial charge >= 0.3 is 0 Å². The highest BCUT2D eigenvalue weighted by Gasteiger charge is 2.22. The number of anilines is 1. The van der Waals surface area contributed by atoms with Crippen molar-refractivity contribution in [3.05, 3.63) is 104 Å². The second-order valence-electron chi connectivity index (χ2n) is 10.1. The lowest BCUT2D eigenvalue weighted by molar-refractivity contribution is -0.116. The van der Waals surface area contributed by atoms with Crippen LogP contribution in [-0.2, 0) is 11.3 Å². The van der Waals surface area contributed by atoms with Crippen LogP contribution in [0.1, 0.15) is 49.4 Å². The first-order valence-corrected chi connectivity index (χ1v) is 14.5. The molecule has 0 bridgehead atoms. The van der Waals surface area contributed by atoms with Gasteiger partial charge in [0, 0.05) is 43.8 Å². The van der Waals surface area contributed by atoms with E-state index in [1.54, 1.807) is 36.5 Å². The van der Waals surface area contributed by atoms with Crippen molar-refractivity contribution in [2.75, 3.05) is 5.32 Å². The Morgan fingerprint density at radius 3 is 2.62 bits per heavy atom. The minimum absolute atomic E-state index is 0.121. The number of aromatic nitrogens is 3. The van der Waals surface area contributed by atoms with E-state index < -0.39 is 0 Å². The standard InChI is InChI=1S/C31H27BrClN5O2/c32-22-10-15-27-26(16-22)31(40)38(30(36-27)20-6-2-1-3-7-20)34-17-21-18-37(28-9-5-4-8-25(21)28)19-29(39)35-24-13-11-23(33)12-14-24/h4-5,8-18,20H,1-3,6-7,19H2,(H,35,39). The number of amides is 1. The normalized spacial score (nSPS) is 14.3. The number of para-hydroxylation sites is 1. The van der Waals surface area contributed by atoms with Crippen molar-refractivity contribution in [3.8, 4) is 0 Å². The first-order chi connectivity index (χ1) is 19.5. The Balaban J connectivity index is 1.37. The van der Waals surface area contributed by atoms with Crippen molar-refractivity contribution in [1.29, 1.82) is 0 Å². The highest BCUT2D eigenvalue weighted by atomic mass is 79.9. The van der Waals surface area contributed by atoms with Gasteiger partial charge in [-0.15, -0.1) is 0 Å². The van der Waals surface area contributed by atoms with Crippen LogP contribution in [0.5, 0.6) is 0 Å². The van der Waals surface area contributed by atoms with Gasteiger partial charge in [-0.2, -0.15) is 9.78 Å². The fourth-order valence-electron chi connectivity index (χ4n) is 5.42. The summed E-state index contributed by atoms with van der Waals surface area (Å²) in [7, 11) is 0. The highest BCUT2D eigenvalue weighted by molar-refractivity contribution is 9.10. The van der Waals surface area contributed by atoms with Gasteiger partial charge in [0.1, 0.15) is 12.4 Å². The fourth-order valence-corrected chi connectivity index (χ4v) is 5.91. The van der Waals surface area contributed by atoms with Crippen LogP contribution in [-0.4, -0.2) is 26.3 Å². The van der Waals surface area contributed by atoms with Gasteiger partial charge in [0.2, 0.25) is 5.91 Å². The van der Waals surface area contributed by atoms with Crippen molar-refractivity contribution in [3.63, 3.8) is 0 Å². The van der Waals surface area contributed by atoms with E-state index >= 15 is 0 Å². The Kier molecular flexibility index (Phi) is 7.54. The number of carbonyl (C=O) groups is 1. The number of benzene rings is 3. The lowest BCUT2D eigenvalue weighted by Gasteiger charge is -2.22. The van der Waals surface area contributed by atoms with E-state index in [-0.39, 0.29) is 23.9 Å². The van der Waals surface area contributed by atoms with E-state index in [1.165, 1.54) is 11.1 Å². The molecular formula is C31H27BrClN5O2. The third-order valence-corrected chi connectivity index (χ3v) is 8.12. The Labute approximate surface area is 244 Å². The van der Waals surface area contributed by atoms with Crippen LogP contribution in [0.15, 0.2) is 87.3 Å². The SMILES string of the molecule is O=C(Cn1cc(C=Nn2c(C3CCCCC3)nc3ccc(Br)cc3c2=O)c2ccccc21)Nc1ccc(Cl)cc1. The Morgan fingerprint density at radius 2 is 1.82 bits per heavy atom. The molecule has 1 aliphatic carbocycles. The average molecular weight is 617 g/mol. The molecule has 0 spiro atoms. The number of carbonyl (C=O) groups excluding carboxylic acids is 1. The van der Waals surface area contributed by atoms with Gasteiger partial charge in [0.25, 0.3) is 5.56 Å². The van der Waals surface area contributed by atoms with Gasteiger partial charge in [0.05, 0.1) is 17.1 Å². The maximum atomic E-state index is 13.7. The van der Waals surface area contributed by atoms with Crippen LogP contribution in [0.25, 0.3) is 21.8 Å². The first-order valence-electron chi connectivity index (χ1n) is 13.4. The molecule has 0 atom stereocenters. The molecule has 9 heteroatoms. The third kappa shape index (κ3) is 5.46. The molecule has 2 aromatic heterocycles. The average Bonchev–Trinajstić information content (AvgIpc) is 3.31. The summed E-state index contributed by atoms with van der Waals surface area (Å²) in [6.07, 6.45) is 9.03. The molecule has 1 N–H and O–H groups in total. The van der Waals surface area contributed by atoms with Gasteiger partial charge in [-0.3, -0.25) is 9.59 Å². The molecule has 0 aliphatic heterocycles. The van der Waals surface area contributed by atoms with E-state index in [2.05, 4.69) is 21.2 Å². The third-order valence-electron chi connectivity index (χ3n) is 7.38. The predicted octanol–water partition coefficient (Wildman–Crippen LogP) is 7.34. The second kappa shape index (κ2) is 11.4. The molecule has 2 heterocycles. The van der Waals surface area contributed by atoms with Crippen LogP contribution in [0.3, 0.4) is 0 Å². The molecule has 0 saturated heterocycles. The molecule has 0 radical (unpaired) electrons. The van der Waals surface area contributed by atoms with Gasteiger partial charge in [-0.1, -0.05) is 65.0 Å². The Morgan fingerprint density at radius 1 is 1.05 bits per heavy atom.